The van der Waals surface area contributed by atoms with Crippen molar-refractivity contribution in [2.24, 2.45) is 0 Å². The van der Waals surface area contributed by atoms with Gasteiger partial charge in [0.1, 0.15) is 0 Å². The van der Waals surface area contributed by atoms with Crippen LogP contribution >= 0.6 is 15.9 Å². The van der Waals surface area contributed by atoms with Gasteiger partial charge in [-0.3, -0.25) is 4.79 Å². The summed E-state index contributed by atoms with van der Waals surface area (Å²) in [4.78, 5) is 12.0. The molecule has 1 atom stereocenters. The number of Topliss-reactive ketones (excluding diaryl/α,β-unsaturated/α-hetero) is 1. The van der Waals surface area contributed by atoms with Crippen LogP contribution in [0.4, 0.5) is 13.2 Å². The molecule has 1 saturated heterocycles. The Balaban J connectivity index is 2.12. The Kier molecular flexibility index (Phi) is 4.86. The van der Waals surface area contributed by atoms with Crippen molar-refractivity contribution in [2.45, 2.75) is 38.0 Å². The van der Waals surface area contributed by atoms with Gasteiger partial charge in [-0.2, -0.15) is 13.2 Å². The van der Waals surface area contributed by atoms with E-state index in [0.717, 1.165) is 18.9 Å². The van der Waals surface area contributed by atoms with Gasteiger partial charge in [-0.05, 0) is 37.5 Å². The first-order valence-corrected chi connectivity index (χ1v) is 7.19. The van der Waals surface area contributed by atoms with E-state index in [9.17, 15) is 18.0 Å². The number of hydrogen-bond acceptors (Lipinski definition) is 2. The lowest BCUT2D eigenvalue weighted by molar-refractivity contribution is -0.138. The Bertz CT molecular complexity index is 494. The lowest BCUT2D eigenvalue weighted by Gasteiger charge is -2.13. The summed E-state index contributed by atoms with van der Waals surface area (Å²) in [6, 6.07) is 3.62. The zero-order valence-corrected chi connectivity index (χ0v) is 12.3. The molecule has 0 saturated carbocycles. The zero-order chi connectivity index (χ0) is 14.8. The number of ether oxygens (including phenoxy) is 1. The average Bonchev–Trinajstić information content (AvgIpc) is 2.88. The van der Waals surface area contributed by atoms with Crippen LogP contribution in [0.1, 0.15) is 41.6 Å². The molecule has 110 valence electrons. The summed E-state index contributed by atoms with van der Waals surface area (Å²) in [6.07, 6.45) is -2.14. The molecule has 2 rings (SSSR count). The van der Waals surface area contributed by atoms with Gasteiger partial charge in [0.05, 0.1) is 11.7 Å². The first-order valence-electron chi connectivity index (χ1n) is 6.39. The van der Waals surface area contributed by atoms with Gasteiger partial charge in [-0.25, -0.2) is 0 Å². The summed E-state index contributed by atoms with van der Waals surface area (Å²) < 4.78 is 44.5. The molecule has 0 spiro atoms. The molecule has 0 amide bonds. The molecule has 1 heterocycles. The van der Waals surface area contributed by atoms with Gasteiger partial charge in [0.15, 0.2) is 5.78 Å². The van der Waals surface area contributed by atoms with Crippen molar-refractivity contribution in [1.82, 2.24) is 0 Å². The Morgan fingerprint density at radius 2 is 2.15 bits per heavy atom. The van der Waals surface area contributed by atoms with E-state index >= 15 is 0 Å². The van der Waals surface area contributed by atoms with E-state index in [0.29, 0.717) is 17.5 Å². The van der Waals surface area contributed by atoms with Crippen LogP contribution in [0, 0.1) is 0 Å². The van der Waals surface area contributed by atoms with Crippen molar-refractivity contribution in [3.8, 4) is 0 Å². The predicted molar refractivity (Wildman–Crippen MR) is 71.7 cm³/mol. The summed E-state index contributed by atoms with van der Waals surface area (Å²) in [6.45, 7) is 0.672. The number of carbonyl (C=O) groups excluding carboxylic acids is 1. The molecule has 1 fully saturated rings. The van der Waals surface area contributed by atoms with E-state index in [2.05, 4.69) is 15.9 Å². The lowest BCUT2D eigenvalue weighted by atomic mass is 9.98. The maximum Gasteiger partial charge on any atom is 0.417 e. The second-order valence-corrected chi connectivity index (χ2v) is 5.70. The molecule has 1 unspecified atom stereocenters. The predicted octanol–water partition coefficient (Wildman–Crippen LogP) is 4.61. The highest BCUT2D eigenvalue weighted by Crippen LogP contribution is 2.34. The first-order chi connectivity index (χ1) is 9.38. The van der Waals surface area contributed by atoms with Crippen LogP contribution in [-0.2, 0) is 10.9 Å². The van der Waals surface area contributed by atoms with Crippen LogP contribution in [0.3, 0.4) is 0 Å². The highest BCUT2D eigenvalue weighted by atomic mass is 79.9. The summed E-state index contributed by atoms with van der Waals surface area (Å²) in [5, 5.41) is 0. The second kappa shape index (κ2) is 6.26. The van der Waals surface area contributed by atoms with Crippen molar-refractivity contribution in [3.05, 3.63) is 33.8 Å². The zero-order valence-electron chi connectivity index (χ0n) is 10.7. The van der Waals surface area contributed by atoms with Crippen LogP contribution < -0.4 is 0 Å². The second-order valence-electron chi connectivity index (χ2n) is 4.78. The minimum atomic E-state index is -4.53. The highest BCUT2D eigenvalue weighted by Gasteiger charge is 2.35. The molecule has 20 heavy (non-hydrogen) atoms. The van der Waals surface area contributed by atoms with Crippen molar-refractivity contribution < 1.29 is 22.7 Å². The minimum absolute atomic E-state index is 0.00346. The maximum atomic E-state index is 12.9. The SMILES string of the molecule is O=C(CCC1CCCO1)c1ccc(Br)cc1C(F)(F)F. The van der Waals surface area contributed by atoms with Gasteiger partial charge in [-0.15, -0.1) is 0 Å². The molecule has 1 aromatic rings. The van der Waals surface area contributed by atoms with Crippen molar-refractivity contribution in [1.29, 1.82) is 0 Å². The molecule has 1 aromatic carbocycles. The van der Waals surface area contributed by atoms with Crippen LogP contribution in [0.5, 0.6) is 0 Å². The van der Waals surface area contributed by atoms with E-state index in [4.69, 9.17) is 4.74 Å². The Morgan fingerprint density at radius 3 is 2.75 bits per heavy atom. The van der Waals surface area contributed by atoms with Gasteiger partial charge < -0.3 is 4.74 Å². The normalized spacial score (nSPS) is 19.3. The molecule has 0 N–H and O–H groups in total. The molecule has 0 radical (unpaired) electrons. The quantitative estimate of drug-likeness (QED) is 0.741. The number of benzene rings is 1. The maximum absolute atomic E-state index is 12.9. The van der Waals surface area contributed by atoms with Gasteiger partial charge in [0.25, 0.3) is 0 Å². The van der Waals surface area contributed by atoms with E-state index < -0.39 is 17.5 Å². The first kappa shape index (κ1) is 15.5. The molecule has 0 aromatic heterocycles. The van der Waals surface area contributed by atoms with E-state index in [-0.39, 0.29) is 18.1 Å². The average molecular weight is 351 g/mol. The van der Waals surface area contributed by atoms with Crippen LogP contribution in [0.2, 0.25) is 0 Å². The third kappa shape index (κ3) is 3.82. The fraction of sp³-hybridized carbons (Fsp3) is 0.500. The van der Waals surface area contributed by atoms with Gasteiger partial charge in [0, 0.05) is 23.1 Å². The van der Waals surface area contributed by atoms with Crippen LogP contribution in [-0.4, -0.2) is 18.5 Å². The molecule has 1 aliphatic rings. The Labute approximate surface area is 123 Å². The van der Waals surface area contributed by atoms with E-state index in [1.165, 1.54) is 12.1 Å². The number of rotatable bonds is 4. The topological polar surface area (TPSA) is 26.3 Å². The summed E-state index contributed by atoms with van der Waals surface area (Å²) in [5.74, 6) is -0.486. The third-order valence-corrected chi connectivity index (χ3v) is 3.80. The monoisotopic (exact) mass is 350 g/mol. The number of hydrogen-bond donors (Lipinski definition) is 0. The van der Waals surface area contributed by atoms with Crippen LogP contribution in [0.25, 0.3) is 0 Å². The van der Waals surface area contributed by atoms with Gasteiger partial charge in [0.2, 0.25) is 0 Å². The van der Waals surface area contributed by atoms with Crippen LogP contribution in [0.15, 0.2) is 22.7 Å². The Morgan fingerprint density at radius 1 is 1.40 bits per heavy atom. The van der Waals surface area contributed by atoms with E-state index in [1.54, 1.807) is 0 Å². The van der Waals surface area contributed by atoms with Crippen molar-refractivity contribution >= 4 is 21.7 Å². The third-order valence-electron chi connectivity index (χ3n) is 3.30. The number of alkyl halides is 3. The van der Waals surface area contributed by atoms with Gasteiger partial charge in [-0.1, -0.05) is 15.9 Å². The molecular weight excluding hydrogens is 337 g/mol. The number of halogens is 4. The number of ketones is 1. The fourth-order valence-corrected chi connectivity index (χ4v) is 2.65. The fourth-order valence-electron chi connectivity index (χ4n) is 2.29. The molecular formula is C14H14BrF3O2. The highest BCUT2D eigenvalue weighted by molar-refractivity contribution is 9.10. The largest absolute Gasteiger partial charge is 0.417 e. The summed E-state index contributed by atoms with van der Waals surface area (Å²) >= 11 is 3.00. The standard InChI is InChI=1S/C14H14BrF3O2/c15-9-3-5-11(12(8-9)14(16,17)18)13(19)6-4-10-2-1-7-20-10/h3,5,8,10H,1-2,4,6-7H2. The van der Waals surface area contributed by atoms with Crippen molar-refractivity contribution in [2.75, 3.05) is 6.61 Å². The van der Waals surface area contributed by atoms with Gasteiger partial charge >= 0.3 is 6.18 Å². The van der Waals surface area contributed by atoms with E-state index in [1.807, 2.05) is 0 Å². The Hall–Kier alpha value is -0.880. The lowest BCUT2D eigenvalue weighted by Crippen LogP contribution is -2.15. The molecule has 0 bridgehead atoms. The molecule has 0 aliphatic carbocycles. The smallest absolute Gasteiger partial charge is 0.378 e. The molecule has 6 heteroatoms. The summed E-state index contributed by atoms with van der Waals surface area (Å²) in [7, 11) is 0. The van der Waals surface area contributed by atoms with Crippen molar-refractivity contribution in [3.63, 3.8) is 0 Å². The minimum Gasteiger partial charge on any atom is -0.378 e. The number of carbonyl (C=O) groups is 1. The molecule has 1 aliphatic heterocycles. The summed E-state index contributed by atoms with van der Waals surface area (Å²) in [5.41, 5.74) is -1.15. The molecule has 2 nitrogen and oxygen atoms in total.